The third-order valence-corrected chi connectivity index (χ3v) is 4.60. The topological polar surface area (TPSA) is 88.1 Å². The molecule has 1 aromatic carbocycles. The highest BCUT2D eigenvalue weighted by molar-refractivity contribution is 5.58. The van der Waals surface area contributed by atoms with Crippen molar-refractivity contribution in [2.24, 2.45) is 5.41 Å². The Bertz CT molecular complexity index is 846. The van der Waals surface area contributed by atoms with Gasteiger partial charge in [0.2, 0.25) is 5.82 Å². The fourth-order valence-corrected chi connectivity index (χ4v) is 2.80. The zero-order valence-electron chi connectivity index (χ0n) is 14.2. The minimum absolute atomic E-state index is 0.161. The van der Waals surface area contributed by atoms with Crippen molar-refractivity contribution in [2.75, 3.05) is 20.3 Å². The summed E-state index contributed by atoms with van der Waals surface area (Å²) in [5.41, 5.74) is 1.58. The van der Waals surface area contributed by atoms with Gasteiger partial charge in [-0.1, -0.05) is 17.3 Å². The van der Waals surface area contributed by atoms with Crippen molar-refractivity contribution < 1.29 is 14.0 Å². The lowest BCUT2D eigenvalue weighted by atomic mass is 9.83. The molecule has 0 spiro atoms. The van der Waals surface area contributed by atoms with E-state index in [2.05, 4.69) is 27.4 Å². The SMILES string of the molecule is CCC1(Cn2cc(-c3nc(-c4ccc(OC)cc4)no3)nn2)COC1. The van der Waals surface area contributed by atoms with Gasteiger partial charge in [0.15, 0.2) is 5.69 Å². The second-order valence-corrected chi connectivity index (χ2v) is 6.30. The van der Waals surface area contributed by atoms with Crippen LogP contribution in [0.3, 0.4) is 0 Å². The zero-order valence-corrected chi connectivity index (χ0v) is 14.2. The van der Waals surface area contributed by atoms with E-state index < -0.39 is 0 Å². The number of aromatic nitrogens is 5. The highest BCUT2D eigenvalue weighted by Gasteiger charge is 2.37. The molecule has 1 aliphatic heterocycles. The second-order valence-electron chi connectivity index (χ2n) is 6.30. The lowest BCUT2D eigenvalue weighted by molar-refractivity contribution is -0.125. The lowest BCUT2D eigenvalue weighted by Gasteiger charge is -2.40. The van der Waals surface area contributed by atoms with E-state index in [0.717, 1.165) is 37.5 Å². The number of methoxy groups -OCH3 is 1. The van der Waals surface area contributed by atoms with Gasteiger partial charge in [0.05, 0.1) is 33.1 Å². The minimum atomic E-state index is 0.161. The highest BCUT2D eigenvalue weighted by atomic mass is 16.5. The molecule has 0 aliphatic carbocycles. The number of nitrogens with zero attached hydrogens (tertiary/aromatic N) is 5. The summed E-state index contributed by atoms with van der Waals surface area (Å²) in [6.45, 7) is 4.47. The molecular weight excluding hydrogens is 322 g/mol. The molecule has 1 aliphatic rings. The predicted molar refractivity (Wildman–Crippen MR) is 88.8 cm³/mol. The van der Waals surface area contributed by atoms with E-state index in [1.807, 2.05) is 35.1 Å². The van der Waals surface area contributed by atoms with Gasteiger partial charge in [-0.15, -0.1) is 5.10 Å². The van der Waals surface area contributed by atoms with Crippen LogP contribution in [0.5, 0.6) is 5.75 Å². The second kappa shape index (κ2) is 6.29. The molecular formula is C17H19N5O3. The summed E-state index contributed by atoms with van der Waals surface area (Å²) >= 11 is 0. The van der Waals surface area contributed by atoms with Gasteiger partial charge in [-0.25, -0.2) is 0 Å². The van der Waals surface area contributed by atoms with E-state index in [4.69, 9.17) is 14.0 Å². The normalized spacial score (nSPS) is 15.8. The summed E-state index contributed by atoms with van der Waals surface area (Å²) in [4.78, 5) is 4.41. The van der Waals surface area contributed by atoms with Crippen LogP contribution in [0, 0.1) is 5.41 Å². The van der Waals surface area contributed by atoms with Gasteiger partial charge in [-0.2, -0.15) is 4.98 Å². The maximum atomic E-state index is 5.35. The van der Waals surface area contributed by atoms with Crippen molar-refractivity contribution in [2.45, 2.75) is 19.9 Å². The Morgan fingerprint density at radius 2 is 2.04 bits per heavy atom. The Balaban J connectivity index is 1.52. The first-order chi connectivity index (χ1) is 12.2. The quantitative estimate of drug-likeness (QED) is 0.680. The first-order valence-corrected chi connectivity index (χ1v) is 8.18. The molecule has 4 rings (SSSR count). The van der Waals surface area contributed by atoms with Gasteiger partial charge in [-0.05, 0) is 30.7 Å². The van der Waals surface area contributed by atoms with Crippen LogP contribution >= 0.6 is 0 Å². The van der Waals surface area contributed by atoms with Crippen LogP contribution in [-0.4, -0.2) is 45.5 Å². The van der Waals surface area contributed by atoms with Crippen molar-refractivity contribution in [3.63, 3.8) is 0 Å². The van der Waals surface area contributed by atoms with Crippen LogP contribution in [0.2, 0.25) is 0 Å². The molecule has 2 aromatic heterocycles. The molecule has 8 nitrogen and oxygen atoms in total. The molecule has 8 heteroatoms. The van der Waals surface area contributed by atoms with Crippen molar-refractivity contribution in [1.82, 2.24) is 25.1 Å². The molecule has 3 aromatic rings. The number of rotatable bonds is 6. The smallest absolute Gasteiger partial charge is 0.280 e. The molecule has 0 amide bonds. The third-order valence-electron chi connectivity index (χ3n) is 4.60. The largest absolute Gasteiger partial charge is 0.497 e. The van der Waals surface area contributed by atoms with Crippen LogP contribution in [-0.2, 0) is 11.3 Å². The molecule has 1 saturated heterocycles. The van der Waals surface area contributed by atoms with Gasteiger partial charge < -0.3 is 14.0 Å². The molecule has 0 atom stereocenters. The van der Waals surface area contributed by atoms with Gasteiger partial charge >= 0.3 is 0 Å². The van der Waals surface area contributed by atoms with Crippen LogP contribution < -0.4 is 4.74 Å². The van der Waals surface area contributed by atoms with Gasteiger partial charge in [0.1, 0.15) is 5.75 Å². The summed E-state index contributed by atoms with van der Waals surface area (Å²) in [6.07, 6.45) is 2.88. The maximum absolute atomic E-state index is 5.35. The highest BCUT2D eigenvalue weighted by Crippen LogP contribution is 2.33. The summed E-state index contributed by atoms with van der Waals surface area (Å²) in [6, 6.07) is 7.47. The monoisotopic (exact) mass is 341 g/mol. The first kappa shape index (κ1) is 15.8. The Hall–Kier alpha value is -2.74. The molecule has 3 heterocycles. The van der Waals surface area contributed by atoms with Gasteiger partial charge in [0, 0.05) is 11.0 Å². The average Bonchev–Trinajstić information content (AvgIpc) is 3.27. The molecule has 0 saturated carbocycles. The van der Waals surface area contributed by atoms with E-state index in [0.29, 0.717) is 17.4 Å². The number of hydrogen-bond donors (Lipinski definition) is 0. The number of benzene rings is 1. The summed E-state index contributed by atoms with van der Waals surface area (Å²) in [5.74, 6) is 1.64. The summed E-state index contributed by atoms with van der Waals surface area (Å²) in [5, 5.41) is 12.4. The molecule has 0 unspecified atom stereocenters. The van der Waals surface area contributed by atoms with E-state index in [-0.39, 0.29) is 5.41 Å². The Morgan fingerprint density at radius 1 is 1.24 bits per heavy atom. The fourth-order valence-electron chi connectivity index (χ4n) is 2.80. The third kappa shape index (κ3) is 3.00. The Labute approximate surface area is 144 Å². The molecule has 1 fully saturated rings. The molecule has 0 bridgehead atoms. The van der Waals surface area contributed by atoms with Gasteiger partial charge in [-0.3, -0.25) is 4.68 Å². The Morgan fingerprint density at radius 3 is 2.68 bits per heavy atom. The molecule has 0 N–H and O–H groups in total. The predicted octanol–water partition coefficient (Wildman–Crippen LogP) is 2.43. The van der Waals surface area contributed by atoms with Crippen molar-refractivity contribution in [1.29, 1.82) is 0 Å². The van der Waals surface area contributed by atoms with E-state index >= 15 is 0 Å². The van der Waals surface area contributed by atoms with E-state index in [1.54, 1.807) is 7.11 Å². The summed E-state index contributed by atoms with van der Waals surface area (Å²) in [7, 11) is 1.63. The van der Waals surface area contributed by atoms with Crippen molar-refractivity contribution >= 4 is 0 Å². The Kier molecular flexibility index (Phi) is 3.96. The summed E-state index contributed by atoms with van der Waals surface area (Å²) < 4.78 is 17.7. The number of hydrogen-bond acceptors (Lipinski definition) is 7. The van der Waals surface area contributed by atoms with Crippen molar-refractivity contribution in [3.8, 4) is 28.7 Å². The van der Waals surface area contributed by atoms with Crippen molar-refractivity contribution in [3.05, 3.63) is 30.5 Å². The van der Waals surface area contributed by atoms with Gasteiger partial charge in [0.25, 0.3) is 5.89 Å². The van der Waals surface area contributed by atoms with Crippen LogP contribution in [0.25, 0.3) is 23.0 Å². The zero-order chi connectivity index (χ0) is 17.3. The fraction of sp³-hybridized carbons (Fsp3) is 0.412. The van der Waals surface area contributed by atoms with Crippen LogP contribution in [0.4, 0.5) is 0 Å². The first-order valence-electron chi connectivity index (χ1n) is 8.18. The van der Waals surface area contributed by atoms with E-state index in [1.165, 1.54) is 0 Å². The number of ether oxygens (including phenoxy) is 2. The molecule has 25 heavy (non-hydrogen) atoms. The van der Waals surface area contributed by atoms with Crippen LogP contribution in [0.15, 0.2) is 35.0 Å². The average molecular weight is 341 g/mol. The standard InChI is InChI=1S/C17H19N5O3/c1-3-17(10-24-11-17)9-22-8-14(19-21-22)16-18-15(20-25-16)12-4-6-13(23-2)7-5-12/h4-8H,3,9-11H2,1-2H3. The lowest BCUT2D eigenvalue weighted by Crippen LogP contribution is -2.45. The van der Waals surface area contributed by atoms with E-state index in [9.17, 15) is 0 Å². The van der Waals surface area contributed by atoms with Crippen LogP contribution in [0.1, 0.15) is 13.3 Å². The maximum Gasteiger partial charge on any atom is 0.280 e. The minimum Gasteiger partial charge on any atom is -0.497 e. The molecule has 130 valence electrons. The molecule has 0 radical (unpaired) electrons.